The van der Waals surface area contributed by atoms with Gasteiger partial charge in [0.2, 0.25) is 0 Å². The molecule has 2 nitrogen and oxygen atoms in total. The molecule has 0 saturated carbocycles. The lowest BCUT2D eigenvalue weighted by molar-refractivity contribution is 0.0475. The van der Waals surface area contributed by atoms with Crippen molar-refractivity contribution in [3.05, 3.63) is 35.9 Å². The van der Waals surface area contributed by atoms with Gasteiger partial charge in [0.1, 0.15) is 12.2 Å². The smallest absolute Gasteiger partial charge is 0.192 e. The maximum Gasteiger partial charge on any atom is 0.192 e. The first-order valence-electron chi connectivity index (χ1n) is 8.32. The lowest BCUT2D eigenvalue weighted by atomic mass is 9.85. The van der Waals surface area contributed by atoms with Crippen molar-refractivity contribution in [2.45, 2.75) is 78.0 Å². The predicted molar refractivity (Wildman–Crippen MR) is 95.6 cm³/mol. The Morgan fingerprint density at radius 1 is 1.00 bits per heavy atom. The third-order valence-electron chi connectivity index (χ3n) is 5.03. The summed E-state index contributed by atoms with van der Waals surface area (Å²) in [5.41, 5.74) is 1.34. The van der Waals surface area contributed by atoms with Crippen LogP contribution >= 0.6 is 0 Å². The van der Waals surface area contributed by atoms with Gasteiger partial charge in [-0.05, 0) is 29.1 Å². The molecule has 3 heteroatoms. The molecule has 0 bridgehead atoms. The second-order valence-electron chi connectivity index (χ2n) is 9.10. The zero-order chi connectivity index (χ0) is 16.8. The zero-order valence-corrected chi connectivity index (χ0v) is 16.4. The van der Waals surface area contributed by atoms with Gasteiger partial charge < -0.3 is 9.16 Å². The van der Waals surface area contributed by atoms with Crippen molar-refractivity contribution in [3.8, 4) is 0 Å². The monoisotopic (exact) mass is 320 g/mol. The summed E-state index contributed by atoms with van der Waals surface area (Å²) in [6, 6.07) is 10.5. The van der Waals surface area contributed by atoms with Crippen LogP contribution in [0, 0.1) is 5.41 Å². The van der Waals surface area contributed by atoms with E-state index in [0.717, 1.165) is 0 Å². The highest BCUT2D eigenvalue weighted by Crippen LogP contribution is 2.49. The number of hydrogen-bond donors (Lipinski definition) is 0. The van der Waals surface area contributed by atoms with Crippen molar-refractivity contribution >= 4 is 8.32 Å². The Labute approximate surface area is 137 Å². The van der Waals surface area contributed by atoms with E-state index in [1.807, 2.05) is 6.07 Å². The molecule has 1 heterocycles. The number of rotatable bonds is 4. The summed E-state index contributed by atoms with van der Waals surface area (Å²) in [5.74, 6) is 0. The Bertz CT molecular complexity index is 496. The van der Waals surface area contributed by atoms with E-state index >= 15 is 0 Å². The summed E-state index contributed by atoms with van der Waals surface area (Å²) in [4.78, 5) is 0. The molecular formula is C19H32O2Si. The molecule has 0 unspecified atom stereocenters. The van der Waals surface area contributed by atoms with Crippen LogP contribution in [0.15, 0.2) is 30.3 Å². The molecule has 1 fully saturated rings. The van der Waals surface area contributed by atoms with Crippen LogP contribution in [0.2, 0.25) is 18.1 Å². The van der Waals surface area contributed by atoms with E-state index in [9.17, 15) is 0 Å². The summed E-state index contributed by atoms with van der Waals surface area (Å²) in [7, 11) is -1.81. The minimum absolute atomic E-state index is 0.0731. The van der Waals surface area contributed by atoms with Crippen LogP contribution in [0.1, 0.15) is 53.2 Å². The first-order valence-corrected chi connectivity index (χ1v) is 11.2. The summed E-state index contributed by atoms with van der Waals surface area (Å²) >= 11 is 0. The second-order valence-corrected chi connectivity index (χ2v) is 13.9. The molecule has 1 aliphatic heterocycles. The van der Waals surface area contributed by atoms with Crippen LogP contribution in [0.4, 0.5) is 0 Å². The van der Waals surface area contributed by atoms with E-state index in [2.05, 4.69) is 78.9 Å². The summed E-state index contributed by atoms with van der Waals surface area (Å²) in [6.45, 7) is 18.3. The maximum atomic E-state index is 6.76. The molecular weight excluding hydrogens is 288 g/mol. The molecule has 1 aromatic carbocycles. The SMILES string of the molecule is CC(C)(C)[C@H](O[Si](C)(C)C(C)(C)C)[C@@H]1O[C@H]1c1ccccc1. The van der Waals surface area contributed by atoms with Gasteiger partial charge in [-0.2, -0.15) is 0 Å². The van der Waals surface area contributed by atoms with Crippen LogP contribution < -0.4 is 0 Å². The van der Waals surface area contributed by atoms with Crippen molar-refractivity contribution in [2.24, 2.45) is 5.41 Å². The first kappa shape index (κ1) is 17.7. The zero-order valence-electron chi connectivity index (χ0n) is 15.4. The van der Waals surface area contributed by atoms with Crippen LogP contribution in [-0.2, 0) is 9.16 Å². The molecule has 0 N–H and O–H groups in total. The number of epoxide rings is 1. The van der Waals surface area contributed by atoms with Gasteiger partial charge in [-0.3, -0.25) is 0 Å². The fourth-order valence-corrected chi connectivity index (χ4v) is 3.97. The van der Waals surface area contributed by atoms with Gasteiger partial charge in [0, 0.05) is 0 Å². The fourth-order valence-electron chi connectivity index (χ4n) is 2.50. The van der Waals surface area contributed by atoms with E-state index in [4.69, 9.17) is 9.16 Å². The lowest BCUT2D eigenvalue weighted by Gasteiger charge is -2.43. The van der Waals surface area contributed by atoms with Crippen molar-refractivity contribution in [3.63, 3.8) is 0 Å². The van der Waals surface area contributed by atoms with Gasteiger partial charge in [-0.15, -0.1) is 0 Å². The third kappa shape index (κ3) is 3.81. The highest BCUT2D eigenvalue weighted by Gasteiger charge is 2.53. The standard InChI is InChI=1S/C19H32O2Si/c1-18(2,3)17(21-22(7,8)19(4,5)6)16-15(20-16)14-12-10-9-11-13-14/h9-13,15-17H,1-8H3/t15-,16+,17+/m0/s1. The van der Waals surface area contributed by atoms with Gasteiger partial charge in [-0.1, -0.05) is 71.9 Å². The van der Waals surface area contributed by atoms with Gasteiger partial charge in [0.05, 0.1) is 6.10 Å². The Morgan fingerprint density at radius 2 is 1.55 bits per heavy atom. The molecule has 22 heavy (non-hydrogen) atoms. The van der Waals surface area contributed by atoms with Gasteiger partial charge in [0.25, 0.3) is 0 Å². The highest BCUT2D eigenvalue weighted by atomic mass is 28.4. The second kappa shape index (κ2) is 5.77. The molecule has 1 aromatic rings. The average Bonchev–Trinajstić information content (AvgIpc) is 3.14. The topological polar surface area (TPSA) is 21.8 Å². The Hall–Kier alpha value is -0.643. The van der Waals surface area contributed by atoms with E-state index in [-0.39, 0.29) is 28.8 Å². The molecule has 0 aromatic heterocycles. The number of hydrogen-bond acceptors (Lipinski definition) is 2. The molecule has 0 aliphatic carbocycles. The Morgan fingerprint density at radius 3 is 2.00 bits per heavy atom. The molecule has 2 rings (SSSR count). The van der Waals surface area contributed by atoms with Gasteiger partial charge in [-0.25, -0.2) is 0 Å². The van der Waals surface area contributed by atoms with Gasteiger partial charge in [0.15, 0.2) is 8.32 Å². The molecule has 124 valence electrons. The highest BCUT2D eigenvalue weighted by molar-refractivity contribution is 6.74. The predicted octanol–water partition coefficient (Wildman–Crippen LogP) is 5.56. The van der Waals surface area contributed by atoms with Crippen LogP contribution in [-0.4, -0.2) is 20.5 Å². The fraction of sp³-hybridized carbons (Fsp3) is 0.684. The molecule has 0 radical (unpaired) electrons. The van der Waals surface area contributed by atoms with E-state index in [0.29, 0.717) is 0 Å². The van der Waals surface area contributed by atoms with Crippen molar-refractivity contribution in [1.82, 2.24) is 0 Å². The number of benzene rings is 1. The summed E-state index contributed by atoms with van der Waals surface area (Å²) in [6.07, 6.45) is 0.505. The summed E-state index contributed by atoms with van der Waals surface area (Å²) < 4.78 is 12.8. The normalized spacial score (nSPS) is 24.2. The van der Waals surface area contributed by atoms with Gasteiger partial charge >= 0.3 is 0 Å². The maximum absolute atomic E-state index is 6.76. The van der Waals surface area contributed by atoms with Crippen LogP contribution in [0.25, 0.3) is 0 Å². The molecule has 1 aliphatic rings. The minimum Gasteiger partial charge on any atom is -0.411 e. The Kier molecular flexibility index (Phi) is 4.64. The molecule has 0 spiro atoms. The largest absolute Gasteiger partial charge is 0.411 e. The van der Waals surface area contributed by atoms with Crippen LogP contribution in [0.5, 0.6) is 0 Å². The molecule has 1 saturated heterocycles. The van der Waals surface area contributed by atoms with Crippen molar-refractivity contribution in [1.29, 1.82) is 0 Å². The third-order valence-corrected chi connectivity index (χ3v) is 9.49. The first-order chi connectivity index (χ1) is 9.93. The minimum atomic E-state index is -1.81. The van der Waals surface area contributed by atoms with Crippen molar-refractivity contribution < 1.29 is 9.16 Å². The van der Waals surface area contributed by atoms with E-state index in [1.165, 1.54) is 5.56 Å². The quantitative estimate of drug-likeness (QED) is 0.535. The molecule has 0 amide bonds. The van der Waals surface area contributed by atoms with E-state index in [1.54, 1.807) is 0 Å². The summed E-state index contributed by atoms with van der Waals surface area (Å²) in [5, 5.41) is 0.216. The Balaban J connectivity index is 2.17. The average molecular weight is 321 g/mol. The number of ether oxygens (including phenoxy) is 1. The lowest BCUT2D eigenvalue weighted by Crippen LogP contribution is -2.49. The van der Waals surface area contributed by atoms with Crippen LogP contribution in [0.3, 0.4) is 0 Å². The van der Waals surface area contributed by atoms with E-state index < -0.39 is 8.32 Å². The van der Waals surface area contributed by atoms with Crippen molar-refractivity contribution in [2.75, 3.05) is 0 Å². The molecule has 3 atom stereocenters.